The molecule has 1 N–H and O–H groups in total. The van der Waals surface area contributed by atoms with Crippen molar-refractivity contribution in [1.29, 1.82) is 0 Å². The Labute approximate surface area is 129 Å². The second-order valence-electron chi connectivity index (χ2n) is 5.84. The lowest BCUT2D eigenvalue weighted by Gasteiger charge is -2.20. The molecule has 0 spiro atoms. The van der Waals surface area contributed by atoms with E-state index >= 15 is 0 Å². The molecule has 0 fully saturated rings. The molecule has 0 heterocycles. The summed E-state index contributed by atoms with van der Waals surface area (Å²) in [4.78, 5) is 14.7. The van der Waals surface area contributed by atoms with E-state index in [1.165, 1.54) is 5.56 Å². The summed E-state index contributed by atoms with van der Waals surface area (Å²) in [6.07, 6.45) is 0. The first kappa shape index (κ1) is 17.9. The lowest BCUT2D eigenvalue weighted by Crippen LogP contribution is -2.39. The molecule has 0 radical (unpaired) electrons. The second-order valence-corrected chi connectivity index (χ2v) is 5.84. The number of rotatable bonds is 9. The van der Waals surface area contributed by atoms with Crippen LogP contribution in [0.2, 0.25) is 0 Å². The van der Waals surface area contributed by atoms with Crippen LogP contribution in [-0.4, -0.2) is 42.9 Å². The minimum Gasteiger partial charge on any atom is -0.306 e. The molecule has 21 heavy (non-hydrogen) atoms. The molecule has 0 aromatic heterocycles. The molecular formula is C18H30N2O. The lowest BCUT2D eigenvalue weighted by atomic mass is 9.99. The van der Waals surface area contributed by atoms with Crippen molar-refractivity contribution in [3.05, 3.63) is 35.4 Å². The van der Waals surface area contributed by atoms with Crippen LogP contribution in [0.15, 0.2) is 24.3 Å². The molecule has 0 bridgehead atoms. The summed E-state index contributed by atoms with van der Waals surface area (Å²) in [5, 5.41) is 3.33. The number of hydrogen-bond donors (Lipinski definition) is 1. The third-order valence-corrected chi connectivity index (χ3v) is 4.03. The zero-order valence-corrected chi connectivity index (χ0v) is 14.1. The fourth-order valence-electron chi connectivity index (χ4n) is 2.35. The van der Waals surface area contributed by atoms with Gasteiger partial charge in [-0.25, -0.2) is 0 Å². The van der Waals surface area contributed by atoms with Crippen molar-refractivity contribution in [2.45, 2.75) is 46.6 Å². The van der Waals surface area contributed by atoms with Crippen molar-refractivity contribution in [2.75, 3.05) is 26.2 Å². The summed E-state index contributed by atoms with van der Waals surface area (Å²) in [6.45, 7) is 14.5. The zero-order valence-electron chi connectivity index (χ0n) is 14.1. The van der Waals surface area contributed by atoms with Gasteiger partial charge in [0.25, 0.3) is 0 Å². The number of nitrogens with zero attached hydrogens (tertiary/aromatic N) is 1. The van der Waals surface area contributed by atoms with E-state index < -0.39 is 0 Å². The van der Waals surface area contributed by atoms with Crippen LogP contribution in [0.3, 0.4) is 0 Å². The number of nitrogens with one attached hydrogen (secondary N) is 1. The SMILES string of the molecule is CCN(CC)CCNC(C)C(=O)c1ccc(C(C)C)cc1. The van der Waals surface area contributed by atoms with Gasteiger partial charge in [-0.2, -0.15) is 0 Å². The van der Waals surface area contributed by atoms with E-state index in [4.69, 9.17) is 0 Å². The van der Waals surface area contributed by atoms with Crippen molar-refractivity contribution in [3.8, 4) is 0 Å². The molecule has 1 aromatic rings. The predicted molar refractivity (Wildman–Crippen MR) is 90.1 cm³/mol. The Hall–Kier alpha value is -1.19. The Morgan fingerprint density at radius 3 is 2.14 bits per heavy atom. The molecule has 1 rings (SSSR count). The first-order chi connectivity index (χ1) is 9.99. The van der Waals surface area contributed by atoms with Gasteiger partial charge in [-0.1, -0.05) is 52.0 Å². The van der Waals surface area contributed by atoms with Crippen molar-refractivity contribution < 1.29 is 4.79 Å². The first-order valence-corrected chi connectivity index (χ1v) is 8.09. The zero-order chi connectivity index (χ0) is 15.8. The highest BCUT2D eigenvalue weighted by molar-refractivity contribution is 5.99. The topological polar surface area (TPSA) is 32.3 Å². The summed E-state index contributed by atoms with van der Waals surface area (Å²) in [5.74, 6) is 0.670. The largest absolute Gasteiger partial charge is 0.306 e. The van der Waals surface area contributed by atoms with Crippen LogP contribution in [-0.2, 0) is 0 Å². The van der Waals surface area contributed by atoms with Crippen molar-refractivity contribution >= 4 is 5.78 Å². The fraction of sp³-hybridized carbons (Fsp3) is 0.611. The Balaban J connectivity index is 2.50. The average molecular weight is 290 g/mol. The number of hydrogen-bond acceptors (Lipinski definition) is 3. The van der Waals surface area contributed by atoms with Crippen LogP contribution in [0.4, 0.5) is 0 Å². The number of carbonyl (C=O) groups is 1. The van der Waals surface area contributed by atoms with Crippen LogP contribution >= 0.6 is 0 Å². The minimum absolute atomic E-state index is 0.134. The molecule has 0 saturated heterocycles. The van der Waals surface area contributed by atoms with Gasteiger partial charge in [0, 0.05) is 18.7 Å². The van der Waals surface area contributed by atoms with E-state index in [-0.39, 0.29) is 11.8 Å². The maximum Gasteiger partial charge on any atom is 0.179 e. The number of likely N-dealkylation sites (N-methyl/N-ethyl adjacent to an activating group) is 1. The van der Waals surface area contributed by atoms with Gasteiger partial charge < -0.3 is 10.2 Å². The van der Waals surface area contributed by atoms with Gasteiger partial charge in [0.2, 0.25) is 0 Å². The van der Waals surface area contributed by atoms with Gasteiger partial charge >= 0.3 is 0 Å². The Morgan fingerprint density at radius 2 is 1.67 bits per heavy atom. The summed E-state index contributed by atoms with van der Waals surface area (Å²) < 4.78 is 0. The smallest absolute Gasteiger partial charge is 0.179 e. The van der Waals surface area contributed by atoms with Crippen LogP contribution < -0.4 is 5.32 Å². The molecule has 0 aliphatic carbocycles. The van der Waals surface area contributed by atoms with Gasteiger partial charge in [-0.15, -0.1) is 0 Å². The molecule has 1 atom stereocenters. The number of benzene rings is 1. The van der Waals surface area contributed by atoms with E-state index in [9.17, 15) is 4.79 Å². The Bertz CT molecular complexity index is 421. The molecule has 0 aliphatic rings. The molecule has 1 aromatic carbocycles. The predicted octanol–water partition coefficient (Wildman–Crippen LogP) is 3.31. The van der Waals surface area contributed by atoms with Crippen LogP contribution in [0, 0.1) is 0 Å². The third kappa shape index (κ3) is 5.60. The molecule has 3 heteroatoms. The maximum atomic E-state index is 12.4. The van der Waals surface area contributed by atoms with Gasteiger partial charge in [0.05, 0.1) is 6.04 Å². The van der Waals surface area contributed by atoms with Gasteiger partial charge in [-0.3, -0.25) is 4.79 Å². The molecule has 0 saturated carbocycles. The molecule has 3 nitrogen and oxygen atoms in total. The fourth-order valence-corrected chi connectivity index (χ4v) is 2.35. The second kappa shape index (κ2) is 8.96. The summed E-state index contributed by atoms with van der Waals surface area (Å²) in [5.41, 5.74) is 2.07. The number of ketones is 1. The van der Waals surface area contributed by atoms with Gasteiger partial charge in [0.1, 0.15) is 0 Å². The number of Topliss-reactive ketones (excluding diaryl/α,β-unsaturated/α-hetero) is 1. The summed E-state index contributed by atoms with van der Waals surface area (Å²) in [7, 11) is 0. The van der Waals surface area contributed by atoms with Crippen LogP contribution in [0.1, 0.15) is 56.5 Å². The average Bonchev–Trinajstić information content (AvgIpc) is 2.50. The Kier molecular flexibility index (Phi) is 7.62. The Morgan fingerprint density at radius 1 is 1.10 bits per heavy atom. The highest BCUT2D eigenvalue weighted by atomic mass is 16.1. The van der Waals surface area contributed by atoms with Crippen LogP contribution in [0.5, 0.6) is 0 Å². The number of carbonyl (C=O) groups excluding carboxylic acids is 1. The standard InChI is InChI=1S/C18H30N2O/c1-6-20(7-2)13-12-19-15(5)18(21)17-10-8-16(9-11-17)14(3)4/h8-11,14-15,19H,6-7,12-13H2,1-5H3. The van der Waals surface area contributed by atoms with Crippen molar-refractivity contribution in [3.63, 3.8) is 0 Å². The van der Waals surface area contributed by atoms with Gasteiger partial charge in [0.15, 0.2) is 5.78 Å². The first-order valence-electron chi connectivity index (χ1n) is 8.09. The molecular weight excluding hydrogens is 260 g/mol. The maximum absolute atomic E-state index is 12.4. The summed E-state index contributed by atoms with van der Waals surface area (Å²) in [6, 6.07) is 7.87. The molecule has 118 valence electrons. The third-order valence-electron chi connectivity index (χ3n) is 4.03. The highest BCUT2D eigenvalue weighted by Crippen LogP contribution is 2.15. The van der Waals surface area contributed by atoms with E-state index in [2.05, 4.69) is 50.0 Å². The highest BCUT2D eigenvalue weighted by Gasteiger charge is 2.14. The summed E-state index contributed by atoms with van der Waals surface area (Å²) >= 11 is 0. The lowest BCUT2D eigenvalue weighted by molar-refractivity contribution is 0.0949. The molecule has 0 amide bonds. The van der Waals surface area contributed by atoms with E-state index in [1.807, 2.05) is 19.1 Å². The quantitative estimate of drug-likeness (QED) is 0.708. The van der Waals surface area contributed by atoms with E-state index in [0.29, 0.717) is 5.92 Å². The normalized spacial score (nSPS) is 12.9. The van der Waals surface area contributed by atoms with E-state index in [1.54, 1.807) is 0 Å². The van der Waals surface area contributed by atoms with Crippen molar-refractivity contribution in [1.82, 2.24) is 10.2 Å². The minimum atomic E-state index is -0.134. The monoisotopic (exact) mass is 290 g/mol. The van der Waals surface area contributed by atoms with E-state index in [0.717, 1.165) is 31.7 Å². The van der Waals surface area contributed by atoms with Crippen molar-refractivity contribution in [2.24, 2.45) is 0 Å². The van der Waals surface area contributed by atoms with Gasteiger partial charge in [-0.05, 0) is 31.5 Å². The molecule has 0 aliphatic heterocycles. The molecule has 1 unspecified atom stereocenters. The van der Waals surface area contributed by atoms with Crippen LogP contribution in [0.25, 0.3) is 0 Å².